The predicted molar refractivity (Wildman–Crippen MR) is 148 cm³/mol. The Morgan fingerprint density at radius 2 is 0.976 bits per heavy atom. The van der Waals surface area contributed by atoms with E-state index in [1.807, 2.05) is 0 Å². The summed E-state index contributed by atoms with van der Waals surface area (Å²) in [6.07, 6.45) is 0.388. The van der Waals surface area contributed by atoms with Crippen LogP contribution in [0.3, 0.4) is 0 Å². The van der Waals surface area contributed by atoms with Crippen molar-refractivity contribution in [2.45, 2.75) is 6.42 Å². The van der Waals surface area contributed by atoms with Crippen molar-refractivity contribution in [1.29, 1.82) is 0 Å². The van der Waals surface area contributed by atoms with Gasteiger partial charge in [-0.2, -0.15) is 0 Å². The maximum atomic E-state index is 12.8. The number of nitro groups is 2. The number of hydrogen-bond donors (Lipinski definition) is 0. The van der Waals surface area contributed by atoms with Crippen LogP contribution >= 0.6 is 0 Å². The molecule has 0 saturated carbocycles. The molecule has 0 spiro atoms. The highest BCUT2D eigenvalue weighted by Crippen LogP contribution is 2.25. The summed E-state index contributed by atoms with van der Waals surface area (Å²) in [6, 6.07) is 21.4. The minimum Gasteiger partial charge on any atom is -0.403 e. The maximum Gasteiger partial charge on any atom is 0.347 e. The van der Waals surface area contributed by atoms with Gasteiger partial charge >= 0.3 is 11.3 Å². The van der Waals surface area contributed by atoms with Crippen LogP contribution in [0.5, 0.6) is 0 Å². The predicted octanol–water partition coefficient (Wildman–Crippen LogP) is 5.43. The summed E-state index contributed by atoms with van der Waals surface area (Å²) >= 11 is 0. The lowest BCUT2D eigenvalue weighted by Crippen LogP contribution is -2.05. The first-order chi connectivity index (χ1) is 19.7. The first-order valence-corrected chi connectivity index (χ1v) is 12.1. The van der Waals surface area contributed by atoms with Crippen LogP contribution in [0.2, 0.25) is 0 Å². The SMILES string of the molecule is O=c1oc(-c2ccc([N+](=O)[O-])cc2)nc2ccc(Cc3ccc4nc(-c5ccc([N+](=O)[O-])cc5)oc(=O)c4c3)cc12. The zero-order valence-corrected chi connectivity index (χ0v) is 20.8. The third-order valence-corrected chi connectivity index (χ3v) is 6.44. The van der Waals surface area contributed by atoms with Gasteiger partial charge in [0.15, 0.2) is 0 Å². The largest absolute Gasteiger partial charge is 0.403 e. The van der Waals surface area contributed by atoms with Crippen molar-refractivity contribution < 1.29 is 18.7 Å². The van der Waals surface area contributed by atoms with Crippen molar-refractivity contribution in [2.24, 2.45) is 0 Å². The number of nitro benzene ring substituents is 2. The monoisotopic (exact) mass is 548 g/mol. The van der Waals surface area contributed by atoms with Crippen LogP contribution in [-0.2, 0) is 6.42 Å². The number of rotatable bonds is 6. The summed E-state index contributed by atoms with van der Waals surface area (Å²) in [6.45, 7) is 0. The van der Waals surface area contributed by atoms with E-state index in [0.29, 0.717) is 28.6 Å². The summed E-state index contributed by atoms with van der Waals surface area (Å²) in [5, 5.41) is 22.3. The Balaban J connectivity index is 1.28. The average Bonchev–Trinajstić information content (AvgIpc) is 2.97. The molecule has 0 N–H and O–H groups in total. The molecule has 0 aliphatic carbocycles. The number of non-ortho nitro benzene ring substituents is 2. The Labute approximate surface area is 228 Å². The van der Waals surface area contributed by atoms with Crippen molar-refractivity contribution in [3.05, 3.63) is 137 Å². The van der Waals surface area contributed by atoms with Gasteiger partial charge in [0.05, 0.1) is 31.7 Å². The molecule has 12 nitrogen and oxygen atoms in total. The maximum absolute atomic E-state index is 12.8. The van der Waals surface area contributed by atoms with Crippen LogP contribution in [0.25, 0.3) is 44.7 Å². The van der Waals surface area contributed by atoms with E-state index in [0.717, 1.165) is 11.1 Å². The van der Waals surface area contributed by atoms with Crippen molar-refractivity contribution in [3.63, 3.8) is 0 Å². The molecule has 2 aromatic heterocycles. The van der Waals surface area contributed by atoms with E-state index < -0.39 is 21.1 Å². The molecule has 0 unspecified atom stereocenters. The van der Waals surface area contributed by atoms with Gasteiger partial charge in [-0.05, 0) is 66.1 Å². The summed E-state index contributed by atoms with van der Waals surface area (Å²) in [7, 11) is 0. The molecule has 41 heavy (non-hydrogen) atoms. The lowest BCUT2D eigenvalue weighted by atomic mass is 10.0. The molecular formula is C29H16N4O8. The first kappa shape index (κ1) is 25.2. The molecule has 0 atom stereocenters. The van der Waals surface area contributed by atoms with E-state index in [1.165, 1.54) is 48.5 Å². The molecule has 200 valence electrons. The van der Waals surface area contributed by atoms with Crippen LogP contribution in [-0.4, -0.2) is 19.8 Å². The Bertz CT molecular complexity index is 1970. The van der Waals surface area contributed by atoms with E-state index in [9.17, 15) is 29.8 Å². The van der Waals surface area contributed by atoms with Gasteiger partial charge in [-0.1, -0.05) is 12.1 Å². The normalized spacial score (nSPS) is 11.1. The topological polar surface area (TPSA) is 172 Å². The molecule has 0 fully saturated rings. The molecule has 0 bridgehead atoms. The quantitative estimate of drug-likeness (QED) is 0.193. The van der Waals surface area contributed by atoms with Gasteiger partial charge in [-0.15, -0.1) is 0 Å². The van der Waals surface area contributed by atoms with E-state index in [1.54, 1.807) is 36.4 Å². The third kappa shape index (κ3) is 4.92. The Morgan fingerprint density at radius 3 is 1.34 bits per heavy atom. The van der Waals surface area contributed by atoms with Gasteiger partial charge in [0.2, 0.25) is 11.8 Å². The van der Waals surface area contributed by atoms with Crippen LogP contribution in [0, 0.1) is 20.2 Å². The second kappa shape index (κ2) is 9.93. The summed E-state index contributed by atoms with van der Waals surface area (Å²) in [4.78, 5) is 55.1. The fourth-order valence-electron chi connectivity index (χ4n) is 4.39. The van der Waals surface area contributed by atoms with E-state index in [-0.39, 0.29) is 33.9 Å². The molecule has 0 aliphatic heterocycles. The zero-order chi connectivity index (χ0) is 28.7. The molecular weight excluding hydrogens is 532 g/mol. The van der Waals surface area contributed by atoms with Crippen LogP contribution < -0.4 is 11.3 Å². The zero-order valence-electron chi connectivity index (χ0n) is 20.8. The second-order valence-electron chi connectivity index (χ2n) is 9.10. The number of benzene rings is 4. The fourth-order valence-corrected chi connectivity index (χ4v) is 4.39. The lowest BCUT2D eigenvalue weighted by Gasteiger charge is -2.07. The minimum atomic E-state index is -0.604. The molecule has 0 amide bonds. The van der Waals surface area contributed by atoms with Gasteiger partial charge in [0.25, 0.3) is 11.4 Å². The molecule has 6 rings (SSSR count). The number of nitrogens with zero attached hydrogens (tertiary/aromatic N) is 4. The molecule has 0 radical (unpaired) electrons. The molecule has 0 saturated heterocycles. The molecule has 2 heterocycles. The minimum absolute atomic E-state index is 0.0481. The highest BCUT2D eigenvalue weighted by atomic mass is 16.6. The average molecular weight is 548 g/mol. The van der Waals surface area contributed by atoms with E-state index >= 15 is 0 Å². The summed E-state index contributed by atoms with van der Waals surface area (Å²) in [5.74, 6) is 0.0963. The Hall–Kier alpha value is -6.04. The van der Waals surface area contributed by atoms with Gasteiger partial charge in [0.1, 0.15) is 0 Å². The van der Waals surface area contributed by atoms with Crippen LogP contribution in [0.1, 0.15) is 11.1 Å². The fraction of sp³-hybridized carbons (Fsp3) is 0.0345. The smallest absolute Gasteiger partial charge is 0.347 e. The second-order valence-corrected chi connectivity index (χ2v) is 9.10. The lowest BCUT2D eigenvalue weighted by molar-refractivity contribution is -0.385. The highest BCUT2D eigenvalue weighted by Gasteiger charge is 2.14. The first-order valence-electron chi connectivity index (χ1n) is 12.1. The molecule has 12 heteroatoms. The Morgan fingerprint density at radius 1 is 0.585 bits per heavy atom. The summed E-state index contributed by atoms with van der Waals surface area (Å²) in [5.41, 5.74) is 1.82. The number of fused-ring (bicyclic) bond motifs is 2. The van der Waals surface area contributed by atoms with E-state index in [4.69, 9.17) is 8.83 Å². The van der Waals surface area contributed by atoms with Crippen molar-refractivity contribution >= 4 is 33.2 Å². The van der Waals surface area contributed by atoms with Crippen molar-refractivity contribution in [2.75, 3.05) is 0 Å². The number of hydrogen-bond acceptors (Lipinski definition) is 10. The molecule has 0 aliphatic rings. The standard InChI is InChI=1S/C29H16N4O8/c34-28-22-14-16(1-11-24(22)30-26(40-28)18-3-7-20(8-4-18)32(36)37)13-17-2-12-25-23(15-17)29(35)41-27(31-25)19-5-9-21(10-6-19)33(38)39/h1-12,14-15H,13H2. The van der Waals surface area contributed by atoms with Gasteiger partial charge in [0, 0.05) is 35.4 Å². The third-order valence-electron chi connectivity index (χ3n) is 6.44. The van der Waals surface area contributed by atoms with Crippen LogP contribution in [0.15, 0.2) is 103 Å². The van der Waals surface area contributed by atoms with Crippen LogP contribution in [0.4, 0.5) is 11.4 Å². The number of aromatic nitrogens is 2. The van der Waals surface area contributed by atoms with Crippen molar-refractivity contribution in [1.82, 2.24) is 9.97 Å². The molecule has 6 aromatic rings. The van der Waals surface area contributed by atoms with Crippen molar-refractivity contribution in [3.8, 4) is 22.9 Å². The highest BCUT2D eigenvalue weighted by molar-refractivity contribution is 5.81. The Kier molecular flexibility index (Phi) is 6.11. The van der Waals surface area contributed by atoms with Gasteiger partial charge in [-0.25, -0.2) is 19.6 Å². The summed E-state index contributed by atoms with van der Waals surface area (Å²) < 4.78 is 10.8. The molecule has 4 aromatic carbocycles. The van der Waals surface area contributed by atoms with Gasteiger partial charge in [-0.3, -0.25) is 20.2 Å². The van der Waals surface area contributed by atoms with Gasteiger partial charge < -0.3 is 8.83 Å². The van der Waals surface area contributed by atoms with E-state index in [2.05, 4.69) is 9.97 Å².